The number of ether oxygens (including phenoxy) is 2. The molecule has 3 heterocycles. The molecule has 0 bridgehead atoms. The molecule has 34 heavy (non-hydrogen) atoms. The van der Waals surface area contributed by atoms with Crippen molar-refractivity contribution in [3.8, 4) is 0 Å². The van der Waals surface area contributed by atoms with Gasteiger partial charge < -0.3 is 34.9 Å². The van der Waals surface area contributed by atoms with E-state index in [1.807, 2.05) is 13.8 Å². The second-order valence-corrected chi connectivity index (χ2v) is 12.8. The number of aliphatic hydroxyl groups excluding tert-OH is 3. The van der Waals surface area contributed by atoms with Gasteiger partial charge in [-0.05, 0) is 55.2 Å². The van der Waals surface area contributed by atoms with Crippen LogP contribution in [0.4, 0.5) is 0 Å². The maximum atomic E-state index is 13.5. The van der Waals surface area contributed by atoms with E-state index in [1.165, 1.54) is 11.8 Å². The molecule has 0 aromatic heterocycles. The highest BCUT2D eigenvalue weighted by atomic mass is 32.2. The van der Waals surface area contributed by atoms with Crippen molar-refractivity contribution in [2.75, 3.05) is 19.4 Å². The molecule has 0 spiro atoms. The first kappa shape index (κ1) is 28.2. The Labute approximate surface area is 209 Å². The van der Waals surface area contributed by atoms with Gasteiger partial charge in [-0.1, -0.05) is 34.6 Å². The molecule has 0 saturated carbocycles. The summed E-state index contributed by atoms with van der Waals surface area (Å²) in [7, 11) is 6.34. The Morgan fingerprint density at radius 1 is 1.21 bits per heavy atom. The van der Waals surface area contributed by atoms with Crippen molar-refractivity contribution >= 4 is 25.7 Å². The van der Waals surface area contributed by atoms with Gasteiger partial charge in [-0.3, -0.25) is 4.79 Å². The summed E-state index contributed by atoms with van der Waals surface area (Å²) in [6.45, 7) is 11.8. The second-order valence-electron chi connectivity index (χ2n) is 11.8. The van der Waals surface area contributed by atoms with Crippen LogP contribution in [0.2, 0.25) is 0 Å². The fourth-order valence-corrected chi connectivity index (χ4v) is 6.56. The average Bonchev–Trinajstić information content (AvgIpc) is 2.91. The maximum Gasteiger partial charge on any atom is 0.239 e. The molecule has 8 nitrogen and oxygen atoms in total. The highest BCUT2D eigenvalue weighted by Gasteiger charge is 2.50. The number of carbonyl (C=O) groups is 1. The van der Waals surface area contributed by atoms with E-state index in [4.69, 9.17) is 17.5 Å². The minimum Gasteiger partial charge on any atom is -0.388 e. The molecule has 3 saturated heterocycles. The highest BCUT2D eigenvalue weighted by molar-refractivity contribution is 7.99. The first-order valence-electron chi connectivity index (χ1n) is 12.5. The quantitative estimate of drug-likeness (QED) is 0.400. The van der Waals surface area contributed by atoms with E-state index < -0.39 is 41.9 Å². The summed E-state index contributed by atoms with van der Waals surface area (Å²) < 4.78 is 12.2. The SMILES string of the molecule is [B]N1CC2C[C@H](CC(C)(C)C)CCO[C@H]2[C@H]1C(=O)NC(C(C)C)C1OC(SC)C(O)C(O)C1O. The van der Waals surface area contributed by atoms with E-state index in [1.54, 1.807) is 11.1 Å². The summed E-state index contributed by atoms with van der Waals surface area (Å²) in [5, 5.41) is 34.3. The Morgan fingerprint density at radius 2 is 1.88 bits per heavy atom. The standard InChI is InChI=1S/C24H43BN2O6S/c1-12(2)15(21-18(29)17(28)19(30)23(33-21)34-6)26-22(31)16-20-14(11-27(16)25)9-13(7-8-32-20)10-24(3,4)5/h12-21,23,28-30H,7-11H2,1-6H3,(H,26,31)/t13-,14?,15?,16+,17?,18?,19?,20-,21?,23?/m1/s1. The van der Waals surface area contributed by atoms with Gasteiger partial charge in [0.15, 0.2) is 7.98 Å². The fourth-order valence-electron chi connectivity index (χ4n) is 5.88. The topological polar surface area (TPSA) is 111 Å². The van der Waals surface area contributed by atoms with Crippen molar-refractivity contribution in [2.45, 2.75) is 102 Å². The van der Waals surface area contributed by atoms with Gasteiger partial charge >= 0.3 is 0 Å². The normalized spacial score (nSPS) is 40.6. The van der Waals surface area contributed by atoms with Crippen molar-refractivity contribution in [3.63, 3.8) is 0 Å². The van der Waals surface area contributed by atoms with Crippen molar-refractivity contribution in [1.29, 1.82) is 0 Å². The van der Waals surface area contributed by atoms with Crippen molar-refractivity contribution in [2.24, 2.45) is 23.2 Å². The number of rotatable bonds is 6. The molecular formula is C24H43BN2O6S. The van der Waals surface area contributed by atoms with Crippen LogP contribution in [0.15, 0.2) is 0 Å². The zero-order chi connectivity index (χ0) is 25.4. The molecule has 0 aliphatic carbocycles. The van der Waals surface area contributed by atoms with E-state index >= 15 is 0 Å². The van der Waals surface area contributed by atoms with Gasteiger partial charge in [0.25, 0.3) is 0 Å². The summed E-state index contributed by atoms with van der Waals surface area (Å²) in [5.41, 5.74) is -0.464. The van der Waals surface area contributed by atoms with Crippen LogP contribution in [-0.4, -0.2) is 101 Å². The number of nitrogens with one attached hydrogen (secondary N) is 1. The number of fused-ring (bicyclic) bond motifs is 1. The molecule has 0 aromatic rings. The first-order chi connectivity index (χ1) is 15.8. The molecule has 10 heteroatoms. The highest BCUT2D eigenvalue weighted by Crippen LogP contribution is 2.39. The van der Waals surface area contributed by atoms with Crippen LogP contribution >= 0.6 is 11.8 Å². The summed E-state index contributed by atoms with van der Waals surface area (Å²) in [6, 6.07) is -1.21. The first-order valence-corrected chi connectivity index (χ1v) is 13.8. The lowest BCUT2D eigenvalue weighted by molar-refractivity contribution is -0.208. The average molecular weight is 498 g/mol. The zero-order valence-electron chi connectivity index (χ0n) is 21.4. The molecule has 3 aliphatic heterocycles. The Hall–Kier alpha value is -0.355. The van der Waals surface area contributed by atoms with Crippen molar-refractivity contribution in [1.82, 2.24) is 10.1 Å². The Balaban J connectivity index is 1.72. The molecule has 3 aliphatic rings. The largest absolute Gasteiger partial charge is 0.388 e. The number of nitrogens with zero attached hydrogens (tertiary/aromatic N) is 1. The molecule has 2 radical (unpaired) electrons. The van der Waals surface area contributed by atoms with Crippen LogP contribution in [0.1, 0.15) is 53.9 Å². The van der Waals surface area contributed by atoms with Crippen LogP contribution in [-0.2, 0) is 14.3 Å². The van der Waals surface area contributed by atoms with Gasteiger partial charge in [0, 0.05) is 6.61 Å². The molecule has 3 fully saturated rings. The van der Waals surface area contributed by atoms with Crippen LogP contribution in [0.25, 0.3) is 0 Å². The van der Waals surface area contributed by atoms with E-state index in [0.717, 1.165) is 19.3 Å². The van der Waals surface area contributed by atoms with E-state index in [9.17, 15) is 20.1 Å². The smallest absolute Gasteiger partial charge is 0.239 e. The third-order valence-electron chi connectivity index (χ3n) is 7.44. The van der Waals surface area contributed by atoms with Gasteiger partial charge in [-0.2, -0.15) is 0 Å². The van der Waals surface area contributed by atoms with Gasteiger partial charge in [0.2, 0.25) is 5.91 Å². The molecule has 0 aromatic carbocycles. The van der Waals surface area contributed by atoms with E-state index in [2.05, 4.69) is 26.1 Å². The number of amides is 1. The number of aliphatic hydroxyl groups is 3. The molecular weight excluding hydrogens is 455 g/mol. The van der Waals surface area contributed by atoms with Crippen LogP contribution in [0.3, 0.4) is 0 Å². The Bertz CT molecular complexity index is 693. The minimum atomic E-state index is -1.36. The van der Waals surface area contributed by atoms with Crippen LogP contribution in [0.5, 0.6) is 0 Å². The molecule has 1 amide bonds. The van der Waals surface area contributed by atoms with Gasteiger partial charge in [0.05, 0.1) is 12.1 Å². The van der Waals surface area contributed by atoms with Crippen molar-refractivity contribution in [3.05, 3.63) is 0 Å². The number of hydrogen-bond acceptors (Lipinski definition) is 8. The lowest BCUT2D eigenvalue weighted by Crippen LogP contribution is -2.65. The molecule has 10 atom stereocenters. The summed E-state index contributed by atoms with van der Waals surface area (Å²) in [6.07, 6.45) is -0.212. The van der Waals surface area contributed by atoms with E-state index in [-0.39, 0.29) is 29.3 Å². The maximum absolute atomic E-state index is 13.5. The lowest BCUT2D eigenvalue weighted by Gasteiger charge is -2.44. The van der Waals surface area contributed by atoms with Crippen LogP contribution in [0, 0.1) is 23.2 Å². The minimum absolute atomic E-state index is 0.0943. The Kier molecular flexibility index (Phi) is 9.43. The zero-order valence-corrected chi connectivity index (χ0v) is 22.2. The molecule has 194 valence electrons. The van der Waals surface area contributed by atoms with Gasteiger partial charge in [0.1, 0.15) is 35.9 Å². The third-order valence-corrected chi connectivity index (χ3v) is 8.30. The van der Waals surface area contributed by atoms with Gasteiger partial charge in [-0.25, -0.2) is 0 Å². The lowest BCUT2D eigenvalue weighted by atomic mass is 9.79. The number of hydrogen-bond donors (Lipinski definition) is 4. The molecule has 3 rings (SSSR count). The summed E-state index contributed by atoms with van der Waals surface area (Å²) >= 11 is 1.25. The predicted molar refractivity (Wildman–Crippen MR) is 133 cm³/mol. The van der Waals surface area contributed by atoms with E-state index in [0.29, 0.717) is 19.1 Å². The van der Waals surface area contributed by atoms with Gasteiger partial charge in [-0.15, -0.1) is 11.8 Å². The molecule has 7 unspecified atom stereocenters. The summed E-state index contributed by atoms with van der Waals surface area (Å²) in [4.78, 5) is 15.1. The summed E-state index contributed by atoms with van der Waals surface area (Å²) in [5.74, 6) is 0.363. The van der Waals surface area contributed by atoms with Crippen LogP contribution < -0.4 is 5.32 Å². The number of thioether (sulfide) groups is 1. The fraction of sp³-hybridized carbons (Fsp3) is 0.958. The predicted octanol–water partition coefficient (Wildman–Crippen LogP) is 0.913. The Morgan fingerprint density at radius 3 is 2.47 bits per heavy atom. The monoisotopic (exact) mass is 498 g/mol. The van der Waals surface area contributed by atoms with Crippen molar-refractivity contribution < 1.29 is 29.6 Å². The second kappa shape index (κ2) is 11.4. The molecule has 4 N–H and O–H groups in total. The third kappa shape index (κ3) is 6.31. The number of carbonyl (C=O) groups excluding carboxylic acids is 1.